The smallest absolute Gasteiger partial charge is 0.00201 e. The first-order valence-corrected chi connectivity index (χ1v) is 20.8. The summed E-state index contributed by atoms with van der Waals surface area (Å²) in [5, 5.41) is 14.9. The highest BCUT2D eigenvalue weighted by molar-refractivity contribution is 6.19. The largest absolute Gasteiger partial charge is 0.0616 e. The third-order valence-electron chi connectivity index (χ3n) is 12.6. The Kier molecular flexibility index (Phi) is 7.96. The predicted octanol–water partition coefficient (Wildman–Crippen LogP) is 16.9. The van der Waals surface area contributed by atoms with Crippen molar-refractivity contribution in [1.82, 2.24) is 0 Å². The van der Waals surface area contributed by atoms with Crippen LogP contribution >= 0.6 is 0 Å². The van der Waals surface area contributed by atoms with Crippen molar-refractivity contribution in [3.8, 4) is 55.6 Å². The van der Waals surface area contributed by atoms with Gasteiger partial charge in [-0.05, 0) is 151 Å². The van der Waals surface area contributed by atoms with E-state index in [1.165, 1.54) is 120 Å². The molecule has 0 N–H and O–H groups in total. The third kappa shape index (κ3) is 5.69. The predicted molar refractivity (Wildman–Crippen MR) is 259 cm³/mol. The summed E-state index contributed by atoms with van der Waals surface area (Å²) in [5.41, 5.74) is 12.2. The van der Waals surface area contributed by atoms with Crippen molar-refractivity contribution in [3.05, 3.63) is 231 Å². The minimum Gasteiger partial charge on any atom is -0.0616 e. The SMILES string of the molecule is c1ccc2cc(-c3cc(-c4ccc5ccccc5c4)c4ccccc4c3-c3ccc(-c4ccc5ccccc5c4)c4c(-c5ccc6ccccc6c5)cccc34)ccc2c1. The molecule has 0 radical (unpaired) electrons. The summed E-state index contributed by atoms with van der Waals surface area (Å²) in [6, 6.07) is 85.5. The van der Waals surface area contributed by atoms with Crippen molar-refractivity contribution in [3.63, 3.8) is 0 Å². The van der Waals surface area contributed by atoms with E-state index in [1.807, 2.05) is 0 Å². The van der Waals surface area contributed by atoms with E-state index in [4.69, 9.17) is 0 Å². The van der Waals surface area contributed by atoms with Gasteiger partial charge in [-0.25, -0.2) is 0 Å². The number of hydrogen-bond acceptors (Lipinski definition) is 0. The van der Waals surface area contributed by atoms with E-state index in [0.29, 0.717) is 0 Å². The summed E-state index contributed by atoms with van der Waals surface area (Å²) in [6.07, 6.45) is 0. The molecule has 12 aromatic carbocycles. The molecule has 0 heteroatoms. The molecule has 278 valence electrons. The lowest BCUT2D eigenvalue weighted by molar-refractivity contribution is 1.61. The molecule has 0 aliphatic heterocycles. The highest BCUT2D eigenvalue weighted by Gasteiger charge is 2.21. The van der Waals surface area contributed by atoms with Crippen LogP contribution in [-0.2, 0) is 0 Å². The van der Waals surface area contributed by atoms with E-state index in [1.54, 1.807) is 0 Å². The van der Waals surface area contributed by atoms with Crippen LogP contribution in [0.15, 0.2) is 231 Å². The highest BCUT2D eigenvalue weighted by Crippen LogP contribution is 2.49. The summed E-state index contributed by atoms with van der Waals surface area (Å²) < 4.78 is 0. The van der Waals surface area contributed by atoms with Crippen molar-refractivity contribution in [1.29, 1.82) is 0 Å². The Morgan fingerprint density at radius 3 is 1.05 bits per heavy atom. The lowest BCUT2D eigenvalue weighted by Crippen LogP contribution is -1.95. The van der Waals surface area contributed by atoms with Crippen LogP contribution in [0.4, 0.5) is 0 Å². The summed E-state index contributed by atoms with van der Waals surface area (Å²) in [7, 11) is 0. The minimum atomic E-state index is 1.20. The average molecular weight is 759 g/mol. The third-order valence-corrected chi connectivity index (χ3v) is 12.6. The number of hydrogen-bond donors (Lipinski definition) is 0. The maximum Gasteiger partial charge on any atom is -0.00201 e. The standard InChI is InChI=1S/C60H38/c1-5-16-43-34-47(28-24-39(43)12-1)51-22-11-23-55-56(33-32-52(59(51)55)48-29-25-40-13-2-6-17-44(40)35-48)60-54-21-10-9-20-53(54)57(49-30-26-41-14-3-7-18-45(41)36-49)38-58(60)50-31-27-42-15-4-8-19-46(42)37-50/h1-38H. The van der Waals surface area contributed by atoms with Crippen LogP contribution in [0.3, 0.4) is 0 Å². The van der Waals surface area contributed by atoms with E-state index < -0.39 is 0 Å². The zero-order chi connectivity index (χ0) is 39.6. The molecule has 0 aliphatic rings. The fourth-order valence-electron chi connectivity index (χ4n) is 9.67. The molecule has 0 unspecified atom stereocenters. The van der Waals surface area contributed by atoms with Crippen LogP contribution in [0.2, 0.25) is 0 Å². The molecule has 0 bridgehead atoms. The Bertz CT molecular complexity index is 3580. The summed E-state index contributed by atoms with van der Waals surface area (Å²) in [6.45, 7) is 0. The Morgan fingerprint density at radius 2 is 0.550 bits per heavy atom. The van der Waals surface area contributed by atoms with Crippen LogP contribution in [0, 0.1) is 0 Å². The van der Waals surface area contributed by atoms with Crippen molar-refractivity contribution >= 4 is 64.6 Å². The molecular weight excluding hydrogens is 721 g/mol. The molecule has 0 spiro atoms. The maximum atomic E-state index is 2.46. The van der Waals surface area contributed by atoms with E-state index in [-0.39, 0.29) is 0 Å². The number of benzene rings is 12. The summed E-state index contributed by atoms with van der Waals surface area (Å²) in [4.78, 5) is 0. The topological polar surface area (TPSA) is 0 Å². The Morgan fingerprint density at radius 1 is 0.183 bits per heavy atom. The van der Waals surface area contributed by atoms with Crippen LogP contribution in [0.25, 0.3) is 120 Å². The Balaban J connectivity index is 1.19. The normalized spacial score (nSPS) is 11.7. The molecule has 0 aromatic heterocycles. The lowest BCUT2D eigenvalue weighted by atomic mass is 9.81. The molecule has 0 saturated heterocycles. The number of rotatable bonds is 5. The monoisotopic (exact) mass is 758 g/mol. The van der Waals surface area contributed by atoms with Gasteiger partial charge >= 0.3 is 0 Å². The van der Waals surface area contributed by atoms with Gasteiger partial charge in [-0.3, -0.25) is 0 Å². The van der Waals surface area contributed by atoms with Gasteiger partial charge in [-0.1, -0.05) is 200 Å². The van der Waals surface area contributed by atoms with Gasteiger partial charge in [0.05, 0.1) is 0 Å². The highest BCUT2D eigenvalue weighted by atomic mass is 14.2. The second-order valence-corrected chi connectivity index (χ2v) is 16.0. The first-order valence-electron chi connectivity index (χ1n) is 20.8. The minimum absolute atomic E-state index is 1.20. The molecule has 0 nitrogen and oxygen atoms in total. The molecule has 12 aromatic rings. The molecule has 0 atom stereocenters. The molecule has 0 fully saturated rings. The van der Waals surface area contributed by atoms with Gasteiger partial charge in [-0.15, -0.1) is 0 Å². The fraction of sp³-hybridized carbons (Fsp3) is 0. The van der Waals surface area contributed by atoms with E-state index in [2.05, 4.69) is 231 Å². The number of fused-ring (bicyclic) bond motifs is 6. The Hall–Kier alpha value is -7.80. The van der Waals surface area contributed by atoms with Gasteiger partial charge in [0, 0.05) is 0 Å². The first-order chi connectivity index (χ1) is 29.7. The van der Waals surface area contributed by atoms with Gasteiger partial charge in [0.2, 0.25) is 0 Å². The summed E-state index contributed by atoms with van der Waals surface area (Å²) in [5.74, 6) is 0. The van der Waals surface area contributed by atoms with E-state index in [9.17, 15) is 0 Å². The van der Waals surface area contributed by atoms with Gasteiger partial charge in [0.1, 0.15) is 0 Å². The van der Waals surface area contributed by atoms with Crippen LogP contribution in [0.1, 0.15) is 0 Å². The summed E-state index contributed by atoms with van der Waals surface area (Å²) >= 11 is 0. The average Bonchev–Trinajstić information content (AvgIpc) is 3.32. The lowest BCUT2D eigenvalue weighted by Gasteiger charge is -2.22. The molecule has 0 heterocycles. The van der Waals surface area contributed by atoms with Crippen molar-refractivity contribution in [2.24, 2.45) is 0 Å². The van der Waals surface area contributed by atoms with Crippen molar-refractivity contribution < 1.29 is 0 Å². The zero-order valence-electron chi connectivity index (χ0n) is 32.9. The van der Waals surface area contributed by atoms with Crippen molar-refractivity contribution in [2.45, 2.75) is 0 Å². The Labute approximate surface area is 349 Å². The van der Waals surface area contributed by atoms with Gasteiger partial charge in [0.15, 0.2) is 0 Å². The van der Waals surface area contributed by atoms with Gasteiger partial charge in [-0.2, -0.15) is 0 Å². The van der Waals surface area contributed by atoms with Gasteiger partial charge < -0.3 is 0 Å². The second kappa shape index (κ2) is 13.9. The molecule has 0 amide bonds. The quantitative estimate of drug-likeness (QED) is 0.164. The second-order valence-electron chi connectivity index (χ2n) is 16.0. The van der Waals surface area contributed by atoms with E-state index in [0.717, 1.165) is 0 Å². The van der Waals surface area contributed by atoms with Gasteiger partial charge in [0.25, 0.3) is 0 Å². The zero-order valence-corrected chi connectivity index (χ0v) is 32.9. The first kappa shape index (κ1) is 34.3. The van der Waals surface area contributed by atoms with Crippen LogP contribution in [-0.4, -0.2) is 0 Å². The molecule has 0 aliphatic carbocycles. The van der Waals surface area contributed by atoms with Crippen molar-refractivity contribution in [2.75, 3.05) is 0 Å². The molecule has 12 rings (SSSR count). The molecule has 0 saturated carbocycles. The maximum absolute atomic E-state index is 2.46. The van der Waals surface area contributed by atoms with Crippen LogP contribution in [0.5, 0.6) is 0 Å². The fourth-order valence-corrected chi connectivity index (χ4v) is 9.67. The van der Waals surface area contributed by atoms with Crippen LogP contribution < -0.4 is 0 Å². The van der Waals surface area contributed by atoms with E-state index >= 15 is 0 Å². The molecule has 60 heavy (non-hydrogen) atoms. The molecular formula is C60H38.